The summed E-state index contributed by atoms with van der Waals surface area (Å²) >= 11 is 0. The number of nitriles is 2. The first kappa shape index (κ1) is 16.7. The first-order valence-corrected chi connectivity index (χ1v) is 8.53. The molecule has 0 aromatic heterocycles. The second-order valence-corrected chi connectivity index (χ2v) is 5.92. The topological polar surface area (TPSA) is 69.2 Å². The van der Waals surface area contributed by atoms with Crippen LogP contribution in [0.2, 0.25) is 0 Å². The number of ether oxygens (including phenoxy) is 1. The lowest BCUT2D eigenvalue weighted by atomic mass is 9.80. The summed E-state index contributed by atoms with van der Waals surface area (Å²) in [5, 5.41) is 19.6. The van der Waals surface area contributed by atoms with Crippen molar-refractivity contribution in [1.29, 1.82) is 10.5 Å². The van der Waals surface area contributed by atoms with Gasteiger partial charge in [0.1, 0.15) is 17.8 Å². The summed E-state index contributed by atoms with van der Waals surface area (Å²) < 4.78 is 5.22. The van der Waals surface area contributed by atoms with Crippen LogP contribution >= 0.6 is 0 Å². The first-order valence-electron chi connectivity index (χ1n) is 8.53. The van der Waals surface area contributed by atoms with Crippen molar-refractivity contribution in [2.45, 2.75) is 32.6 Å². The van der Waals surface area contributed by atoms with Gasteiger partial charge in [0.15, 0.2) is 6.40 Å². The van der Waals surface area contributed by atoms with Crippen LogP contribution in [0.4, 0.5) is 5.69 Å². The molecular weight excluding hydrogens is 310 g/mol. The third-order valence-electron chi connectivity index (χ3n) is 4.50. The van der Waals surface area contributed by atoms with E-state index >= 15 is 0 Å². The molecule has 2 aromatic rings. The quantitative estimate of drug-likeness (QED) is 0.604. The van der Waals surface area contributed by atoms with Crippen molar-refractivity contribution in [2.24, 2.45) is 4.99 Å². The van der Waals surface area contributed by atoms with E-state index in [0.717, 1.165) is 47.9 Å². The normalized spacial score (nSPS) is 13.1. The van der Waals surface area contributed by atoms with E-state index in [1.54, 1.807) is 0 Å². The Morgan fingerprint density at radius 1 is 1.04 bits per heavy atom. The van der Waals surface area contributed by atoms with Gasteiger partial charge in [-0.2, -0.15) is 10.5 Å². The highest BCUT2D eigenvalue weighted by Gasteiger charge is 2.26. The van der Waals surface area contributed by atoms with Crippen LogP contribution in [0.5, 0.6) is 0 Å². The van der Waals surface area contributed by atoms with Gasteiger partial charge in [-0.25, -0.2) is 4.99 Å². The number of hydrogen-bond acceptors (Lipinski definition) is 4. The van der Waals surface area contributed by atoms with Crippen molar-refractivity contribution in [3.05, 3.63) is 52.6 Å². The zero-order valence-corrected chi connectivity index (χ0v) is 14.2. The SMILES string of the molecule is CCOC=Nc1c(C#N)c2c(c(-c3ccccc3)c1C#N)CCCC2. The van der Waals surface area contributed by atoms with Crippen molar-refractivity contribution in [1.82, 2.24) is 0 Å². The fourth-order valence-electron chi connectivity index (χ4n) is 3.44. The predicted octanol–water partition coefficient (Wildman–Crippen LogP) is 4.67. The molecule has 4 heteroatoms. The summed E-state index contributed by atoms with van der Waals surface area (Å²) in [5.41, 5.74) is 5.48. The number of nitrogens with zero attached hydrogens (tertiary/aromatic N) is 3. The van der Waals surface area contributed by atoms with E-state index < -0.39 is 0 Å². The number of benzene rings is 2. The summed E-state index contributed by atoms with van der Waals surface area (Å²) in [5.74, 6) is 0. The molecule has 0 heterocycles. The third kappa shape index (κ3) is 3.12. The zero-order valence-electron chi connectivity index (χ0n) is 14.2. The molecule has 0 fully saturated rings. The maximum atomic E-state index is 9.86. The largest absolute Gasteiger partial charge is 0.483 e. The maximum absolute atomic E-state index is 9.86. The van der Waals surface area contributed by atoms with E-state index in [0.29, 0.717) is 23.4 Å². The van der Waals surface area contributed by atoms with Gasteiger partial charge in [-0.1, -0.05) is 30.3 Å². The van der Waals surface area contributed by atoms with Gasteiger partial charge in [-0.05, 0) is 49.3 Å². The van der Waals surface area contributed by atoms with Crippen LogP contribution in [0.25, 0.3) is 11.1 Å². The summed E-state index contributed by atoms with van der Waals surface area (Å²) in [4.78, 5) is 4.34. The molecule has 25 heavy (non-hydrogen) atoms. The fourth-order valence-corrected chi connectivity index (χ4v) is 3.44. The summed E-state index contributed by atoms with van der Waals surface area (Å²) in [6.07, 6.45) is 5.20. The summed E-state index contributed by atoms with van der Waals surface area (Å²) in [6, 6.07) is 14.5. The molecule has 0 bridgehead atoms. The van der Waals surface area contributed by atoms with Gasteiger partial charge in [0, 0.05) is 5.56 Å². The van der Waals surface area contributed by atoms with Gasteiger partial charge >= 0.3 is 0 Å². The Hall–Kier alpha value is -3.11. The molecule has 0 amide bonds. The number of aliphatic imine (C=N–C) groups is 1. The fraction of sp³-hybridized carbons (Fsp3) is 0.286. The molecule has 0 N–H and O–H groups in total. The van der Waals surface area contributed by atoms with E-state index in [1.807, 2.05) is 37.3 Å². The van der Waals surface area contributed by atoms with Crippen molar-refractivity contribution in [2.75, 3.05) is 6.61 Å². The first-order chi connectivity index (χ1) is 12.3. The van der Waals surface area contributed by atoms with E-state index in [2.05, 4.69) is 17.1 Å². The minimum atomic E-state index is 0.429. The van der Waals surface area contributed by atoms with E-state index in [9.17, 15) is 10.5 Å². The Morgan fingerprint density at radius 2 is 1.72 bits per heavy atom. The van der Waals surface area contributed by atoms with Crippen molar-refractivity contribution < 1.29 is 4.74 Å². The van der Waals surface area contributed by atoms with Gasteiger partial charge in [-0.3, -0.25) is 0 Å². The summed E-state index contributed by atoms with van der Waals surface area (Å²) in [6.45, 7) is 2.36. The zero-order chi connectivity index (χ0) is 17.6. The van der Waals surface area contributed by atoms with Crippen molar-refractivity contribution in [3.63, 3.8) is 0 Å². The second kappa shape index (κ2) is 7.64. The van der Waals surface area contributed by atoms with E-state index in [-0.39, 0.29) is 0 Å². The molecular formula is C21H19N3O. The number of rotatable bonds is 4. The van der Waals surface area contributed by atoms with Crippen molar-refractivity contribution >= 4 is 12.1 Å². The molecule has 0 aliphatic heterocycles. The average molecular weight is 329 g/mol. The van der Waals surface area contributed by atoms with Crippen LogP contribution in [0.15, 0.2) is 35.3 Å². The Balaban J connectivity index is 2.36. The lowest BCUT2D eigenvalue weighted by Gasteiger charge is -2.23. The molecule has 0 saturated heterocycles. The van der Waals surface area contributed by atoms with Crippen LogP contribution in [0.1, 0.15) is 42.0 Å². The lowest BCUT2D eigenvalue weighted by molar-refractivity contribution is 0.344. The van der Waals surface area contributed by atoms with Crippen LogP contribution < -0.4 is 0 Å². The van der Waals surface area contributed by atoms with E-state index in [4.69, 9.17) is 4.74 Å². The maximum Gasteiger partial charge on any atom is 0.174 e. The minimum Gasteiger partial charge on any atom is -0.483 e. The van der Waals surface area contributed by atoms with Crippen LogP contribution in [0, 0.1) is 22.7 Å². The lowest BCUT2D eigenvalue weighted by Crippen LogP contribution is -2.09. The Bertz CT molecular complexity index is 886. The summed E-state index contributed by atoms with van der Waals surface area (Å²) in [7, 11) is 0. The predicted molar refractivity (Wildman–Crippen MR) is 97.7 cm³/mol. The van der Waals surface area contributed by atoms with Crippen LogP contribution in [0.3, 0.4) is 0 Å². The Morgan fingerprint density at radius 3 is 2.36 bits per heavy atom. The van der Waals surface area contributed by atoms with Gasteiger partial charge in [0.2, 0.25) is 0 Å². The third-order valence-corrected chi connectivity index (χ3v) is 4.50. The molecule has 3 rings (SSSR count). The molecule has 1 aliphatic carbocycles. The van der Waals surface area contributed by atoms with Crippen LogP contribution in [-0.4, -0.2) is 13.0 Å². The Kier molecular flexibility index (Phi) is 5.11. The highest BCUT2D eigenvalue weighted by atomic mass is 16.5. The molecule has 0 saturated carbocycles. The number of hydrogen-bond donors (Lipinski definition) is 0. The van der Waals surface area contributed by atoms with Gasteiger partial charge in [-0.15, -0.1) is 0 Å². The molecule has 0 spiro atoms. The standard InChI is InChI=1S/C21H19N3O/c1-2-25-14-24-21-18(12-22)16-10-6-7-11-17(16)20(19(21)13-23)15-8-4-3-5-9-15/h3-5,8-9,14H,2,6-7,10-11H2,1H3. The van der Waals surface area contributed by atoms with Gasteiger partial charge < -0.3 is 4.74 Å². The molecule has 4 nitrogen and oxygen atoms in total. The smallest absolute Gasteiger partial charge is 0.174 e. The monoisotopic (exact) mass is 329 g/mol. The molecule has 0 unspecified atom stereocenters. The molecule has 2 aromatic carbocycles. The number of fused-ring (bicyclic) bond motifs is 1. The van der Waals surface area contributed by atoms with Crippen LogP contribution in [-0.2, 0) is 17.6 Å². The minimum absolute atomic E-state index is 0.429. The highest BCUT2D eigenvalue weighted by molar-refractivity contribution is 5.86. The second-order valence-electron chi connectivity index (χ2n) is 5.92. The molecule has 1 aliphatic rings. The van der Waals surface area contributed by atoms with Gasteiger partial charge in [0.25, 0.3) is 0 Å². The van der Waals surface area contributed by atoms with Gasteiger partial charge in [0.05, 0.1) is 17.7 Å². The molecule has 0 atom stereocenters. The van der Waals surface area contributed by atoms with E-state index in [1.165, 1.54) is 6.40 Å². The molecule has 124 valence electrons. The Labute approximate surface area is 148 Å². The molecule has 0 radical (unpaired) electrons. The highest BCUT2D eigenvalue weighted by Crippen LogP contribution is 2.42. The van der Waals surface area contributed by atoms with Crippen molar-refractivity contribution in [3.8, 4) is 23.3 Å². The average Bonchev–Trinajstić information content (AvgIpc) is 2.67.